The molecule has 8 nitrogen and oxygen atoms in total. The highest BCUT2D eigenvalue weighted by atomic mass is 35.5. The van der Waals surface area contributed by atoms with E-state index < -0.39 is 11.9 Å². The molecule has 1 unspecified atom stereocenters. The lowest BCUT2D eigenvalue weighted by molar-refractivity contribution is -0.130. The summed E-state index contributed by atoms with van der Waals surface area (Å²) < 4.78 is 19.8. The van der Waals surface area contributed by atoms with Gasteiger partial charge < -0.3 is 20.7 Å². The van der Waals surface area contributed by atoms with E-state index >= 15 is 0 Å². The molecule has 35 heavy (non-hydrogen) atoms. The zero-order chi connectivity index (χ0) is 25.4. The number of amides is 2. The smallest absolute Gasteiger partial charge is 0.234 e. The summed E-state index contributed by atoms with van der Waals surface area (Å²) >= 11 is 12.3. The summed E-state index contributed by atoms with van der Waals surface area (Å²) in [5.74, 6) is 5.45. The molecule has 3 N–H and O–H groups in total. The summed E-state index contributed by atoms with van der Waals surface area (Å²) in [6.45, 7) is 4.54. The molecule has 1 aromatic carbocycles. The van der Waals surface area contributed by atoms with Crippen molar-refractivity contribution >= 4 is 35.0 Å². The minimum absolute atomic E-state index is 0.00856. The normalized spacial score (nSPS) is 14.6. The SMILES string of the molecule is CC(=O)N1CCN(CC(=O)NCC#Cc2cncc(OC(CN)c3c(Cl)ccc(F)c3Cl)c2)CC1. The van der Waals surface area contributed by atoms with Crippen LogP contribution in [0.3, 0.4) is 0 Å². The number of nitrogens with two attached hydrogens (primary N) is 1. The number of ether oxygens (including phenoxy) is 1. The largest absolute Gasteiger partial charge is 0.483 e. The molecule has 2 aromatic rings. The first-order valence-corrected chi connectivity index (χ1v) is 11.7. The van der Waals surface area contributed by atoms with E-state index in [1.807, 2.05) is 4.90 Å². The lowest BCUT2D eigenvalue weighted by atomic mass is 10.1. The fourth-order valence-electron chi connectivity index (χ4n) is 3.55. The molecule has 1 aliphatic rings. The van der Waals surface area contributed by atoms with E-state index in [0.717, 1.165) is 0 Å². The Balaban J connectivity index is 1.53. The van der Waals surface area contributed by atoms with Crippen LogP contribution in [0.4, 0.5) is 4.39 Å². The minimum atomic E-state index is -0.785. The Kier molecular flexibility index (Phi) is 9.69. The number of nitrogens with zero attached hydrogens (tertiary/aromatic N) is 3. The van der Waals surface area contributed by atoms with E-state index in [-0.39, 0.29) is 47.1 Å². The third-order valence-corrected chi connectivity index (χ3v) is 6.11. The highest BCUT2D eigenvalue weighted by molar-refractivity contribution is 6.36. The number of benzene rings is 1. The average molecular weight is 522 g/mol. The van der Waals surface area contributed by atoms with Crippen molar-refractivity contribution in [2.45, 2.75) is 13.0 Å². The number of rotatable bonds is 7. The number of aromatic nitrogens is 1. The molecule has 1 saturated heterocycles. The van der Waals surface area contributed by atoms with Gasteiger partial charge in [-0.1, -0.05) is 35.0 Å². The summed E-state index contributed by atoms with van der Waals surface area (Å²) in [5.41, 5.74) is 6.64. The molecule has 1 atom stereocenters. The topological polar surface area (TPSA) is 101 Å². The molecular formula is C24H26Cl2FN5O3. The first-order chi connectivity index (χ1) is 16.8. The van der Waals surface area contributed by atoms with Gasteiger partial charge in [-0.3, -0.25) is 19.5 Å². The predicted octanol–water partition coefficient (Wildman–Crippen LogP) is 2.24. The fourth-order valence-corrected chi connectivity index (χ4v) is 4.16. The van der Waals surface area contributed by atoms with Gasteiger partial charge in [0.1, 0.15) is 17.7 Å². The Morgan fingerprint density at radius 3 is 2.69 bits per heavy atom. The van der Waals surface area contributed by atoms with Crippen LogP contribution in [0.25, 0.3) is 0 Å². The second kappa shape index (κ2) is 12.7. The fraction of sp³-hybridized carbons (Fsp3) is 0.375. The van der Waals surface area contributed by atoms with E-state index in [1.165, 1.54) is 18.3 Å². The van der Waals surface area contributed by atoms with Gasteiger partial charge in [-0.25, -0.2) is 4.39 Å². The van der Waals surface area contributed by atoms with Crippen molar-refractivity contribution in [1.82, 2.24) is 20.1 Å². The molecule has 3 rings (SSSR count). The summed E-state index contributed by atoms with van der Waals surface area (Å²) in [4.78, 5) is 31.4. The standard InChI is InChI=1S/C24H26Cl2FN5O3/c1-16(33)32-9-7-31(8-10-32)15-22(34)30-6-2-3-17-11-18(14-29-13-17)35-21(12-28)23-19(25)4-5-20(27)24(23)26/h4-5,11,13-14,21H,6-10,12,15,28H2,1H3,(H,30,34). The third-order valence-electron chi connectivity index (χ3n) is 5.40. The first kappa shape index (κ1) is 26.7. The van der Waals surface area contributed by atoms with E-state index in [9.17, 15) is 14.0 Å². The van der Waals surface area contributed by atoms with Crippen molar-refractivity contribution in [2.24, 2.45) is 5.73 Å². The zero-order valence-electron chi connectivity index (χ0n) is 19.2. The summed E-state index contributed by atoms with van der Waals surface area (Å²) in [6, 6.07) is 4.22. The van der Waals surface area contributed by atoms with Gasteiger partial charge >= 0.3 is 0 Å². The molecule has 0 aliphatic carbocycles. The van der Waals surface area contributed by atoms with Crippen molar-refractivity contribution < 1.29 is 18.7 Å². The van der Waals surface area contributed by atoms with Gasteiger partial charge in [0, 0.05) is 62.0 Å². The molecule has 2 amide bonds. The van der Waals surface area contributed by atoms with Crippen molar-refractivity contribution in [3.8, 4) is 17.6 Å². The maximum Gasteiger partial charge on any atom is 0.234 e. The molecule has 1 fully saturated rings. The predicted molar refractivity (Wildman–Crippen MR) is 132 cm³/mol. The Labute approximate surface area is 213 Å². The number of pyridine rings is 1. The average Bonchev–Trinajstić information content (AvgIpc) is 2.84. The van der Waals surface area contributed by atoms with E-state index in [4.69, 9.17) is 33.7 Å². The highest BCUT2D eigenvalue weighted by Gasteiger charge is 2.22. The van der Waals surface area contributed by atoms with Crippen LogP contribution >= 0.6 is 23.2 Å². The number of halogens is 3. The van der Waals surface area contributed by atoms with Crippen molar-refractivity contribution in [3.05, 3.63) is 57.6 Å². The molecule has 2 heterocycles. The molecular weight excluding hydrogens is 496 g/mol. The monoisotopic (exact) mass is 521 g/mol. The lowest BCUT2D eigenvalue weighted by Crippen LogP contribution is -2.50. The molecule has 11 heteroatoms. The number of hydrogen-bond donors (Lipinski definition) is 2. The summed E-state index contributed by atoms with van der Waals surface area (Å²) in [7, 11) is 0. The van der Waals surface area contributed by atoms with E-state index in [2.05, 4.69) is 22.1 Å². The number of hydrogen-bond acceptors (Lipinski definition) is 6. The zero-order valence-corrected chi connectivity index (χ0v) is 20.7. The second-order valence-corrected chi connectivity index (χ2v) is 8.65. The van der Waals surface area contributed by atoms with Gasteiger partial charge in [-0.05, 0) is 18.2 Å². The second-order valence-electron chi connectivity index (χ2n) is 7.87. The molecule has 0 bridgehead atoms. The molecule has 1 aliphatic heterocycles. The van der Waals surface area contributed by atoms with Crippen LogP contribution in [0, 0.1) is 17.7 Å². The minimum Gasteiger partial charge on any atom is -0.483 e. The molecule has 0 spiro atoms. The van der Waals surface area contributed by atoms with Gasteiger partial charge in [0.15, 0.2) is 0 Å². The van der Waals surface area contributed by atoms with Crippen LogP contribution in [-0.2, 0) is 9.59 Å². The van der Waals surface area contributed by atoms with Crippen LogP contribution in [0.2, 0.25) is 10.0 Å². The van der Waals surface area contributed by atoms with Crippen molar-refractivity contribution in [1.29, 1.82) is 0 Å². The van der Waals surface area contributed by atoms with Gasteiger partial charge in [-0.15, -0.1) is 0 Å². The van der Waals surface area contributed by atoms with Gasteiger partial charge in [0.25, 0.3) is 0 Å². The molecule has 1 aromatic heterocycles. The molecule has 186 valence electrons. The summed E-state index contributed by atoms with van der Waals surface area (Å²) in [5, 5.41) is 2.86. The van der Waals surface area contributed by atoms with Crippen LogP contribution in [0.1, 0.15) is 24.2 Å². The number of nitrogens with one attached hydrogen (secondary N) is 1. The Bertz CT molecular complexity index is 1130. The van der Waals surface area contributed by atoms with Gasteiger partial charge in [-0.2, -0.15) is 0 Å². The van der Waals surface area contributed by atoms with Crippen LogP contribution in [-0.4, -0.2) is 72.4 Å². The highest BCUT2D eigenvalue weighted by Crippen LogP contribution is 2.34. The Hall–Kier alpha value is -2.90. The number of carbonyl (C=O) groups is 2. The molecule has 0 radical (unpaired) electrons. The van der Waals surface area contributed by atoms with E-state index in [1.54, 1.807) is 24.1 Å². The lowest BCUT2D eigenvalue weighted by Gasteiger charge is -2.33. The maximum absolute atomic E-state index is 13.9. The quantitative estimate of drug-likeness (QED) is 0.428. The van der Waals surface area contributed by atoms with Crippen LogP contribution < -0.4 is 15.8 Å². The van der Waals surface area contributed by atoms with Crippen molar-refractivity contribution in [3.63, 3.8) is 0 Å². The third kappa shape index (κ3) is 7.54. The van der Waals surface area contributed by atoms with E-state index in [0.29, 0.717) is 37.5 Å². The van der Waals surface area contributed by atoms with Gasteiger partial charge in [0.05, 0.1) is 24.3 Å². The Morgan fingerprint density at radius 1 is 1.26 bits per heavy atom. The Morgan fingerprint density at radius 2 is 2.00 bits per heavy atom. The maximum atomic E-state index is 13.9. The van der Waals surface area contributed by atoms with Crippen molar-refractivity contribution in [2.75, 3.05) is 45.8 Å². The summed E-state index contributed by atoms with van der Waals surface area (Å²) in [6.07, 6.45) is 2.24. The van der Waals surface area contributed by atoms with Gasteiger partial charge in [0.2, 0.25) is 11.8 Å². The molecule has 0 saturated carbocycles. The van der Waals surface area contributed by atoms with Crippen LogP contribution in [0.5, 0.6) is 5.75 Å². The number of piperazine rings is 1. The van der Waals surface area contributed by atoms with Crippen LogP contribution in [0.15, 0.2) is 30.6 Å². The first-order valence-electron chi connectivity index (χ1n) is 11.0. The number of carbonyl (C=O) groups excluding carboxylic acids is 2.